The van der Waals surface area contributed by atoms with Gasteiger partial charge in [0.1, 0.15) is 0 Å². The van der Waals surface area contributed by atoms with E-state index in [4.69, 9.17) is 0 Å². The van der Waals surface area contributed by atoms with Crippen LogP contribution in [0, 0.1) is 5.92 Å². The highest BCUT2D eigenvalue weighted by Gasteiger charge is 1.86. The first-order chi connectivity index (χ1) is 13.7. The average Bonchev–Trinajstić information content (AvgIpc) is 2.77. The van der Waals surface area contributed by atoms with Crippen LogP contribution in [0.1, 0.15) is 63.3 Å². The van der Waals surface area contributed by atoms with Crippen LogP contribution in [0.5, 0.6) is 0 Å². The molecule has 0 saturated heterocycles. The van der Waals surface area contributed by atoms with Crippen LogP contribution in [0.3, 0.4) is 0 Å². The maximum Gasteiger partial charge on any atom is -0.0184 e. The molecule has 4 aromatic carbocycles. The first kappa shape index (κ1) is 32.1. The molecule has 0 bridgehead atoms. The summed E-state index contributed by atoms with van der Waals surface area (Å²) in [6, 6.07) is 33.4. The van der Waals surface area contributed by atoms with E-state index in [1.54, 1.807) is 0 Å². The summed E-state index contributed by atoms with van der Waals surface area (Å²) in [6.45, 7) is 14.5. The van der Waals surface area contributed by atoms with Crippen molar-refractivity contribution in [3.63, 3.8) is 0 Å². The summed E-state index contributed by atoms with van der Waals surface area (Å²) in [5.41, 5.74) is 0. The topological polar surface area (TPSA) is 0 Å². The molecule has 30 heavy (non-hydrogen) atoms. The summed E-state index contributed by atoms with van der Waals surface area (Å²) >= 11 is 0. The fraction of sp³-hybridized carbons (Fsp3) is 0.333. The molecule has 4 rings (SSSR count). The van der Waals surface area contributed by atoms with Gasteiger partial charge >= 0.3 is 0 Å². The van der Waals surface area contributed by atoms with E-state index in [9.17, 15) is 0 Å². The average molecular weight is 407 g/mol. The molecule has 0 fully saturated rings. The summed E-state index contributed by atoms with van der Waals surface area (Å²) in [6.07, 6.45) is 0. The lowest BCUT2D eigenvalue weighted by Gasteiger charge is -1.92. The molecule has 0 N–H and O–H groups in total. The number of fused-ring (bicyclic) bond motifs is 2. The van der Waals surface area contributed by atoms with Crippen molar-refractivity contribution in [2.45, 2.75) is 63.3 Å². The summed E-state index contributed by atoms with van der Waals surface area (Å²) < 4.78 is 0. The molecule has 4 aromatic rings. The molecular weight excluding hydrogens is 360 g/mol. The fourth-order valence-electron chi connectivity index (χ4n) is 2.27. The third-order valence-corrected chi connectivity index (χ3v) is 3.32. The van der Waals surface area contributed by atoms with Gasteiger partial charge in [-0.05, 0) is 27.5 Å². The Labute approximate surface area is 188 Å². The number of hydrogen-bond donors (Lipinski definition) is 0. The van der Waals surface area contributed by atoms with E-state index < -0.39 is 0 Å². The van der Waals surface area contributed by atoms with Gasteiger partial charge in [-0.3, -0.25) is 0 Å². The Morgan fingerprint density at radius 3 is 0.567 bits per heavy atom. The second-order valence-electron chi connectivity index (χ2n) is 6.43. The van der Waals surface area contributed by atoms with Crippen LogP contribution in [0.2, 0.25) is 0 Å². The van der Waals surface area contributed by atoms with Crippen LogP contribution in [-0.4, -0.2) is 0 Å². The molecule has 0 unspecified atom stereocenters. The lowest BCUT2D eigenvalue weighted by Crippen LogP contribution is -1.67. The van der Waals surface area contributed by atoms with Gasteiger partial charge in [0, 0.05) is 0 Å². The third kappa shape index (κ3) is 13.6. The molecule has 0 spiro atoms. The minimum atomic E-state index is 0. The van der Waals surface area contributed by atoms with Crippen LogP contribution in [0.15, 0.2) is 97.1 Å². The van der Waals surface area contributed by atoms with Gasteiger partial charge in [-0.25, -0.2) is 0 Å². The predicted molar refractivity (Wildman–Crippen MR) is 145 cm³/mol. The summed E-state index contributed by atoms with van der Waals surface area (Å²) in [5, 5.41) is 5.24. The second-order valence-corrected chi connectivity index (χ2v) is 6.43. The van der Waals surface area contributed by atoms with Crippen LogP contribution in [0.4, 0.5) is 0 Å². The summed E-state index contributed by atoms with van der Waals surface area (Å²) in [4.78, 5) is 0. The van der Waals surface area contributed by atoms with Gasteiger partial charge in [0.2, 0.25) is 0 Å². The van der Waals surface area contributed by atoms with E-state index in [1.165, 1.54) is 21.5 Å². The Bertz CT molecular complexity index is 654. The molecule has 0 saturated carbocycles. The predicted octanol–water partition coefficient (Wildman–Crippen LogP) is 10.7. The summed E-state index contributed by atoms with van der Waals surface area (Å²) in [7, 11) is 0. The smallest absolute Gasteiger partial charge is 0.0184 e. The molecule has 0 aliphatic carbocycles. The standard InChI is InChI=1S/2C10H8.C4H10.2C2H6.2CH4/c2*1-2-6-10-8-4-3-7-9(10)5-1;1-4(2)3;2*1-2;;/h2*1-8H;4H,1-3H3;2*1-2H3;2*1H4. The molecule has 0 atom stereocenters. The number of rotatable bonds is 0. The minimum absolute atomic E-state index is 0. The normalized spacial score (nSPS) is 8.27. The molecule has 0 aliphatic rings. The molecule has 0 aromatic heterocycles. The highest BCUT2D eigenvalue weighted by atomic mass is 13.9. The van der Waals surface area contributed by atoms with Crippen molar-refractivity contribution in [2.24, 2.45) is 5.92 Å². The molecule has 0 heteroatoms. The molecule has 166 valence electrons. The van der Waals surface area contributed by atoms with Gasteiger partial charge in [-0.1, -0.05) is 160 Å². The lowest BCUT2D eigenvalue weighted by atomic mass is 10.1. The quantitative estimate of drug-likeness (QED) is 0.272. The minimum Gasteiger partial charge on any atom is -0.0776 e. The van der Waals surface area contributed by atoms with Crippen LogP contribution in [0.25, 0.3) is 21.5 Å². The first-order valence-electron chi connectivity index (χ1n) is 10.5. The molecule has 0 nitrogen and oxygen atoms in total. The summed E-state index contributed by atoms with van der Waals surface area (Å²) in [5.74, 6) is 0.833. The van der Waals surface area contributed by atoms with E-state index in [0.717, 1.165) is 5.92 Å². The Kier molecular flexibility index (Phi) is 22.6. The zero-order chi connectivity index (χ0) is 21.2. The first-order valence-corrected chi connectivity index (χ1v) is 10.5. The van der Waals surface area contributed by atoms with Gasteiger partial charge in [0.05, 0.1) is 0 Å². The molecule has 0 amide bonds. The second kappa shape index (κ2) is 21.1. The highest BCUT2D eigenvalue weighted by molar-refractivity contribution is 5.82. The highest BCUT2D eigenvalue weighted by Crippen LogP contribution is 2.12. The fourth-order valence-corrected chi connectivity index (χ4v) is 2.27. The van der Waals surface area contributed by atoms with Crippen molar-refractivity contribution in [3.05, 3.63) is 97.1 Å². The van der Waals surface area contributed by atoms with Crippen molar-refractivity contribution in [1.82, 2.24) is 0 Å². The molecule has 0 radical (unpaired) electrons. The van der Waals surface area contributed by atoms with Crippen molar-refractivity contribution >= 4 is 21.5 Å². The lowest BCUT2D eigenvalue weighted by molar-refractivity contribution is 0.737. The van der Waals surface area contributed by atoms with Crippen LogP contribution < -0.4 is 0 Å². The largest absolute Gasteiger partial charge is 0.0776 e. The van der Waals surface area contributed by atoms with E-state index in [-0.39, 0.29) is 14.9 Å². The van der Waals surface area contributed by atoms with Crippen LogP contribution >= 0.6 is 0 Å². The van der Waals surface area contributed by atoms with Crippen molar-refractivity contribution in [1.29, 1.82) is 0 Å². The molecule has 0 heterocycles. The van der Waals surface area contributed by atoms with Crippen LogP contribution in [-0.2, 0) is 0 Å². The number of benzene rings is 4. The molecular formula is C30H46. The third-order valence-electron chi connectivity index (χ3n) is 3.32. The van der Waals surface area contributed by atoms with Gasteiger partial charge in [0.25, 0.3) is 0 Å². The Balaban J connectivity index is -0.000000347. The van der Waals surface area contributed by atoms with Gasteiger partial charge in [0.15, 0.2) is 0 Å². The van der Waals surface area contributed by atoms with Gasteiger partial charge < -0.3 is 0 Å². The van der Waals surface area contributed by atoms with E-state index >= 15 is 0 Å². The zero-order valence-corrected chi connectivity index (χ0v) is 18.8. The van der Waals surface area contributed by atoms with Crippen molar-refractivity contribution in [2.75, 3.05) is 0 Å². The monoisotopic (exact) mass is 406 g/mol. The maximum atomic E-state index is 2.17. The van der Waals surface area contributed by atoms with Crippen molar-refractivity contribution < 1.29 is 0 Å². The maximum absolute atomic E-state index is 2.17. The Hall–Kier alpha value is -2.60. The van der Waals surface area contributed by atoms with E-state index in [0.29, 0.717) is 0 Å². The van der Waals surface area contributed by atoms with Crippen molar-refractivity contribution in [3.8, 4) is 0 Å². The molecule has 0 aliphatic heterocycles. The Morgan fingerprint density at radius 2 is 0.467 bits per heavy atom. The number of hydrogen-bond acceptors (Lipinski definition) is 0. The van der Waals surface area contributed by atoms with E-state index in [2.05, 4.69) is 118 Å². The zero-order valence-electron chi connectivity index (χ0n) is 18.8. The SMILES string of the molecule is C.C.CC.CC.CC(C)C.c1ccc2ccccc2c1.c1ccc2ccccc2c1. The van der Waals surface area contributed by atoms with Gasteiger partial charge in [-0.2, -0.15) is 0 Å². The van der Waals surface area contributed by atoms with Gasteiger partial charge in [-0.15, -0.1) is 0 Å². The Morgan fingerprint density at radius 1 is 0.367 bits per heavy atom. The van der Waals surface area contributed by atoms with E-state index in [1.807, 2.05) is 27.7 Å².